The maximum absolute atomic E-state index is 9.10. The van der Waals surface area contributed by atoms with Crippen LogP contribution >= 0.6 is 0 Å². The van der Waals surface area contributed by atoms with Crippen molar-refractivity contribution in [3.05, 3.63) is 0 Å². The topological polar surface area (TPSA) is 39.1 Å². The molecule has 0 aliphatic carbocycles. The molecular formula is C14H27N3. The van der Waals surface area contributed by atoms with Crippen molar-refractivity contribution in [3.63, 3.8) is 0 Å². The Hall–Kier alpha value is -0.590. The van der Waals surface area contributed by atoms with Gasteiger partial charge in [-0.3, -0.25) is 0 Å². The van der Waals surface area contributed by atoms with Crippen LogP contribution < -0.4 is 5.32 Å². The predicted molar refractivity (Wildman–Crippen MR) is 71.7 cm³/mol. The van der Waals surface area contributed by atoms with E-state index in [9.17, 15) is 0 Å². The predicted octanol–water partition coefficient (Wildman–Crippen LogP) is 2.25. The first-order chi connectivity index (χ1) is 7.97. The number of rotatable bonds is 5. The van der Waals surface area contributed by atoms with Crippen LogP contribution in [0.2, 0.25) is 0 Å². The summed E-state index contributed by atoms with van der Waals surface area (Å²) >= 11 is 0. The lowest BCUT2D eigenvalue weighted by atomic mass is 9.80. The molecule has 1 fully saturated rings. The van der Waals surface area contributed by atoms with E-state index < -0.39 is 0 Å². The van der Waals surface area contributed by atoms with Crippen LogP contribution in [0.25, 0.3) is 0 Å². The fraction of sp³-hybridized carbons (Fsp3) is 0.929. The van der Waals surface area contributed by atoms with Gasteiger partial charge in [0.15, 0.2) is 0 Å². The van der Waals surface area contributed by atoms with Crippen LogP contribution in [0.1, 0.15) is 40.5 Å². The Labute approximate surface area is 106 Å². The third kappa shape index (κ3) is 4.65. The highest BCUT2D eigenvalue weighted by atomic mass is 15.2. The van der Waals surface area contributed by atoms with Crippen molar-refractivity contribution >= 4 is 0 Å². The zero-order chi connectivity index (χ0) is 12.9. The van der Waals surface area contributed by atoms with E-state index in [2.05, 4.69) is 44.0 Å². The standard InChI is InChI=1S/C14H27N3/c1-5-7-16-13(9-15)11-17-8-6-12(10-17)14(2,3)4/h12-13,16H,5-8,10-11H2,1-4H3. The minimum atomic E-state index is -0.00586. The molecule has 2 unspecified atom stereocenters. The van der Waals surface area contributed by atoms with Gasteiger partial charge >= 0.3 is 0 Å². The highest BCUT2D eigenvalue weighted by Crippen LogP contribution is 2.33. The normalized spacial score (nSPS) is 23.6. The maximum Gasteiger partial charge on any atom is 0.108 e. The minimum absolute atomic E-state index is 0.00586. The van der Waals surface area contributed by atoms with E-state index in [0.717, 1.165) is 38.5 Å². The second-order valence-corrected chi connectivity index (χ2v) is 6.25. The molecule has 2 atom stereocenters. The Morgan fingerprint density at radius 1 is 1.47 bits per heavy atom. The lowest BCUT2D eigenvalue weighted by Gasteiger charge is -2.27. The van der Waals surface area contributed by atoms with E-state index in [4.69, 9.17) is 5.26 Å². The monoisotopic (exact) mass is 237 g/mol. The summed E-state index contributed by atoms with van der Waals surface area (Å²) in [5.74, 6) is 0.771. The van der Waals surface area contributed by atoms with Gasteiger partial charge in [0.05, 0.1) is 6.07 Å². The van der Waals surface area contributed by atoms with Crippen molar-refractivity contribution in [2.24, 2.45) is 11.3 Å². The summed E-state index contributed by atoms with van der Waals surface area (Å²) in [5.41, 5.74) is 0.397. The van der Waals surface area contributed by atoms with Gasteiger partial charge in [-0.25, -0.2) is 0 Å². The zero-order valence-electron chi connectivity index (χ0n) is 11.8. The summed E-state index contributed by atoms with van der Waals surface area (Å²) in [7, 11) is 0. The molecule has 98 valence electrons. The van der Waals surface area contributed by atoms with Gasteiger partial charge in [-0.05, 0) is 37.3 Å². The molecular weight excluding hydrogens is 210 g/mol. The molecule has 1 aliphatic heterocycles. The smallest absolute Gasteiger partial charge is 0.108 e. The highest BCUT2D eigenvalue weighted by molar-refractivity contribution is 4.94. The molecule has 3 heteroatoms. The van der Waals surface area contributed by atoms with E-state index >= 15 is 0 Å². The molecule has 0 amide bonds. The van der Waals surface area contributed by atoms with Crippen LogP contribution in [0.4, 0.5) is 0 Å². The Kier molecular flexibility index (Phi) is 5.42. The average Bonchev–Trinajstić information content (AvgIpc) is 2.72. The van der Waals surface area contributed by atoms with Gasteiger partial charge in [-0.1, -0.05) is 27.7 Å². The van der Waals surface area contributed by atoms with Crippen molar-refractivity contribution in [2.75, 3.05) is 26.2 Å². The van der Waals surface area contributed by atoms with Crippen LogP contribution in [0.3, 0.4) is 0 Å². The molecule has 1 aliphatic rings. The van der Waals surface area contributed by atoms with Gasteiger partial charge in [0.2, 0.25) is 0 Å². The van der Waals surface area contributed by atoms with Gasteiger partial charge < -0.3 is 10.2 Å². The van der Waals surface area contributed by atoms with Crippen molar-refractivity contribution in [1.29, 1.82) is 5.26 Å². The fourth-order valence-electron chi connectivity index (χ4n) is 2.43. The van der Waals surface area contributed by atoms with Crippen molar-refractivity contribution < 1.29 is 0 Å². The second-order valence-electron chi connectivity index (χ2n) is 6.25. The summed E-state index contributed by atoms with van der Waals surface area (Å²) < 4.78 is 0. The van der Waals surface area contributed by atoms with Crippen LogP contribution in [-0.4, -0.2) is 37.1 Å². The summed E-state index contributed by atoms with van der Waals surface area (Å²) in [5, 5.41) is 12.4. The van der Waals surface area contributed by atoms with E-state index in [1.807, 2.05) is 0 Å². The maximum atomic E-state index is 9.10. The minimum Gasteiger partial charge on any atom is -0.301 e. The van der Waals surface area contributed by atoms with E-state index in [1.54, 1.807) is 0 Å². The van der Waals surface area contributed by atoms with Gasteiger partial charge in [-0.15, -0.1) is 0 Å². The molecule has 0 aromatic carbocycles. The van der Waals surface area contributed by atoms with Gasteiger partial charge in [0.25, 0.3) is 0 Å². The molecule has 17 heavy (non-hydrogen) atoms. The Morgan fingerprint density at radius 2 is 2.18 bits per heavy atom. The van der Waals surface area contributed by atoms with Crippen LogP contribution in [0.15, 0.2) is 0 Å². The SMILES string of the molecule is CCCNC(C#N)CN1CCC(C(C)(C)C)C1. The third-order valence-corrected chi connectivity index (χ3v) is 3.73. The zero-order valence-corrected chi connectivity index (χ0v) is 11.8. The number of likely N-dealkylation sites (tertiary alicyclic amines) is 1. The molecule has 3 nitrogen and oxygen atoms in total. The lowest BCUT2D eigenvalue weighted by molar-refractivity contribution is 0.225. The summed E-state index contributed by atoms with van der Waals surface area (Å²) in [6.07, 6.45) is 2.36. The largest absolute Gasteiger partial charge is 0.301 e. The Bertz CT molecular complexity index is 262. The average molecular weight is 237 g/mol. The van der Waals surface area contributed by atoms with Crippen molar-refractivity contribution in [2.45, 2.75) is 46.6 Å². The van der Waals surface area contributed by atoms with Crippen molar-refractivity contribution in [3.8, 4) is 6.07 Å². The molecule has 0 bridgehead atoms. The summed E-state index contributed by atoms with van der Waals surface area (Å²) in [4.78, 5) is 2.44. The summed E-state index contributed by atoms with van der Waals surface area (Å²) in [6, 6.07) is 2.36. The molecule has 1 heterocycles. The highest BCUT2D eigenvalue weighted by Gasteiger charge is 2.32. The fourth-order valence-corrected chi connectivity index (χ4v) is 2.43. The molecule has 0 aromatic heterocycles. The van der Waals surface area contributed by atoms with E-state index in [-0.39, 0.29) is 6.04 Å². The van der Waals surface area contributed by atoms with Crippen LogP contribution in [-0.2, 0) is 0 Å². The van der Waals surface area contributed by atoms with Gasteiger partial charge in [0.1, 0.15) is 6.04 Å². The third-order valence-electron chi connectivity index (χ3n) is 3.73. The number of nitrogens with zero attached hydrogens (tertiary/aromatic N) is 2. The summed E-state index contributed by atoms with van der Waals surface area (Å²) in [6.45, 7) is 13.2. The molecule has 0 spiro atoms. The molecule has 0 aromatic rings. The van der Waals surface area contributed by atoms with Crippen LogP contribution in [0, 0.1) is 22.7 Å². The van der Waals surface area contributed by atoms with Crippen LogP contribution in [0.5, 0.6) is 0 Å². The Morgan fingerprint density at radius 3 is 2.65 bits per heavy atom. The molecule has 0 radical (unpaired) electrons. The van der Waals surface area contributed by atoms with Crippen molar-refractivity contribution in [1.82, 2.24) is 10.2 Å². The number of hydrogen-bond donors (Lipinski definition) is 1. The number of nitrogens with one attached hydrogen (secondary N) is 1. The first-order valence-corrected chi connectivity index (χ1v) is 6.82. The van der Waals surface area contributed by atoms with E-state index in [0.29, 0.717) is 5.41 Å². The van der Waals surface area contributed by atoms with Gasteiger partial charge in [0, 0.05) is 13.1 Å². The van der Waals surface area contributed by atoms with E-state index in [1.165, 1.54) is 6.42 Å². The first kappa shape index (κ1) is 14.5. The molecule has 0 saturated carbocycles. The Balaban J connectivity index is 2.36. The number of hydrogen-bond acceptors (Lipinski definition) is 3. The number of nitriles is 1. The molecule has 1 saturated heterocycles. The first-order valence-electron chi connectivity index (χ1n) is 6.82. The second kappa shape index (κ2) is 6.37. The van der Waals surface area contributed by atoms with Gasteiger partial charge in [-0.2, -0.15) is 5.26 Å². The molecule has 1 N–H and O–H groups in total. The quantitative estimate of drug-likeness (QED) is 0.797. The lowest BCUT2D eigenvalue weighted by Crippen LogP contribution is -2.40. The molecule has 1 rings (SSSR count).